The van der Waals surface area contributed by atoms with Crippen molar-refractivity contribution in [2.75, 3.05) is 7.11 Å². The smallest absolute Gasteiger partial charge is 0.126 e. The van der Waals surface area contributed by atoms with Crippen LogP contribution >= 0.6 is 0 Å². The van der Waals surface area contributed by atoms with Crippen LogP contribution < -0.4 is 4.74 Å². The van der Waals surface area contributed by atoms with Gasteiger partial charge in [-0.2, -0.15) is 0 Å². The Kier molecular flexibility index (Phi) is 7.12. The molecule has 3 aliphatic carbocycles. The molecule has 2 heteroatoms. The van der Waals surface area contributed by atoms with Gasteiger partial charge in [0.25, 0.3) is 0 Å². The molecule has 22 heavy (non-hydrogen) atoms. The number of carbonyl (C=O) groups excluding carboxylic acids is 1. The summed E-state index contributed by atoms with van der Waals surface area (Å²) in [4.78, 5) is 11.2. The van der Waals surface area contributed by atoms with Crippen molar-refractivity contribution in [2.24, 2.45) is 5.41 Å². The van der Waals surface area contributed by atoms with Gasteiger partial charge in [0.05, 0.1) is 7.11 Å². The molecule has 1 aromatic rings. The number of fused-ring (bicyclic) bond motifs is 3. The molecule has 2 bridgehead atoms. The Morgan fingerprint density at radius 1 is 0.864 bits per heavy atom. The highest BCUT2D eigenvalue weighted by Crippen LogP contribution is 2.56. The Bertz CT molecular complexity index is 423. The van der Waals surface area contributed by atoms with Gasteiger partial charge in [-0.05, 0) is 61.6 Å². The third-order valence-electron chi connectivity index (χ3n) is 5.26. The summed E-state index contributed by atoms with van der Waals surface area (Å²) >= 11 is 0. The van der Waals surface area contributed by atoms with E-state index < -0.39 is 0 Å². The monoisotopic (exact) mass is 304 g/mol. The predicted molar refractivity (Wildman–Crippen MR) is 93.6 cm³/mol. The summed E-state index contributed by atoms with van der Waals surface area (Å²) in [6, 6.07) is 8.52. The van der Waals surface area contributed by atoms with Gasteiger partial charge in [0.2, 0.25) is 0 Å². The van der Waals surface area contributed by atoms with Crippen molar-refractivity contribution in [1.82, 2.24) is 0 Å². The maximum Gasteiger partial charge on any atom is 0.126 e. The van der Waals surface area contributed by atoms with E-state index in [-0.39, 0.29) is 5.41 Å². The van der Waals surface area contributed by atoms with Crippen LogP contribution in [0.15, 0.2) is 24.3 Å². The summed E-state index contributed by atoms with van der Waals surface area (Å²) in [5.74, 6) is 0.920. The molecular formula is C20H32O2. The van der Waals surface area contributed by atoms with Crippen molar-refractivity contribution in [3.05, 3.63) is 29.8 Å². The molecule has 124 valence electrons. The molecule has 3 fully saturated rings. The molecule has 0 N–H and O–H groups in total. The fourth-order valence-corrected chi connectivity index (χ4v) is 3.77. The summed E-state index contributed by atoms with van der Waals surface area (Å²) in [7, 11) is 1.70. The summed E-state index contributed by atoms with van der Waals surface area (Å²) in [5, 5.41) is 0. The van der Waals surface area contributed by atoms with Crippen LogP contribution in [0.3, 0.4) is 0 Å². The van der Waals surface area contributed by atoms with E-state index >= 15 is 0 Å². The first-order chi connectivity index (χ1) is 10.7. The number of hydrogen-bond donors (Lipinski definition) is 0. The molecule has 0 atom stereocenters. The molecular weight excluding hydrogens is 272 g/mol. The average molecular weight is 304 g/mol. The zero-order chi connectivity index (χ0) is 16.6. The molecule has 0 spiro atoms. The van der Waals surface area contributed by atoms with E-state index in [1.54, 1.807) is 7.11 Å². The van der Waals surface area contributed by atoms with Crippen LogP contribution in [-0.4, -0.2) is 13.4 Å². The first-order valence-electron chi connectivity index (χ1n) is 8.83. The zero-order valence-corrected chi connectivity index (χ0v) is 14.9. The maximum atomic E-state index is 11.2. The van der Waals surface area contributed by atoms with E-state index in [4.69, 9.17) is 4.74 Å². The fraction of sp³-hybridized carbons (Fsp3) is 0.650. The highest BCUT2D eigenvalue weighted by Gasteiger charge is 2.49. The number of aldehydes is 1. The third kappa shape index (κ3) is 3.53. The Morgan fingerprint density at radius 2 is 1.32 bits per heavy atom. The Balaban J connectivity index is 0.000000561. The molecule has 3 aliphatic rings. The molecule has 1 aromatic carbocycles. The molecule has 4 rings (SSSR count). The maximum absolute atomic E-state index is 11.2. The van der Waals surface area contributed by atoms with E-state index in [9.17, 15) is 4.79 Å². The van der Waals surface area contributed by atoms with Crippen molar-refractivity contribution < 1.29 is 9.53 Å². The minimum absolute atomic E-state index is 0.0220. The second kappa shape index (κ2) is 8.36. The molecule has 0 heterocycles. The summed E-state index contributed by atoms with van der Waals surface area (Å²) < 4.78 is 5.22. The molecule has 3 saturated carbocycles. The van der Waals surface area contributed by atoms with Crippen molar-refractivity contribution >= 4 is 6.29 Å². The number of rotatable bonds is 3. The topological polar surface area (TPSA) is 26.3 Å². The van der Waals surface area contributed by atoms with Crippen molar-refractivity contribution in [2.45, 2.75) is 71.6 Å². The fourth-order valence-electron chi connectivity index (χ4n) is 3.77. The minimum atomic E-state index is 0.0220. The predicted octanol–water partition coefficient (Wildman–Crippen LogP) is 5.54. The Hall–Kier alpha value is -1.31. The molecule has 0 saturated heterocycles. The van der Waals surface area contributed by atoms with Crippen molar-refractivity contribution in [3.63, 3.8) is 0 Å². The van der Waals surface area contributed by atoms with Crippen molar-refractivity contribution in [3.8, 4) is 5.75 Å². The Labute approximate surface area is 136 Å². The van der Waals surface area contributed by atoms with Gasteiger partial charge in [-0.25, -0.2) is 0 Å². The number of carbonyl (C=O) groups is 1. The van der Waals surface area contributed by atoms with E-state index in [2.05, 4.69) is 24.3 Å². The van der Waals surface area contributed by atoms with Gasteiger partial charge >= 0.3 is 0 Å². The van der Waals surface area contributed by atoms with Crippen molar-refractivity contribution in [1.29, 1.82) is 0 Å². The molecule has 0 aromatic heterocycles. The van der Waals surface area contributed by atoms with Crippen LogP contribution in [0.4, 0.5) is 0 Å². The van der Waals surface area contributed by atoms with Gasteiger partial charge in [0.15, 0.2) is 0 Å². The molecule has 0 amide bonds. The first kappa shape index (κ1) is 18.7. The molecule has 0 radical (unpaired) electrons. The van der Waals surface area contributed by atoms with Crippen LogP contribution in [0.1, 0.15) is 71.8 Å². The number of methoxy groups -OCH3 is 1. The van der Waals surface area contributed by atoms with Gasteiger partial charge in [0.1, 0.15) is 12.0 Å². The van der Waals surface area contributed by atoms with E-state index in [0.29, 0.717) is 5.41 Å². The second-order valence-corrected chi connectivity index (χ2v) is 5.99. The second-order valence-electron chi connectivity index (χ2n) is 5.99. The lowest BCUT2D eigenvalue weighted by molar-refractivity contribution is -0.122. The van der Waals surface area contributed by atoms with E-state index in [1.165, 1.54) is 11.8 Å². The van der Waals surface area contributed by atoms with Gasteiger partial charge in [-0.3, -0.25) is 0 Å². The third-order valence-corrected chi connectivity index (χ3v) is 5.26. The summed E-state index contributed by atoms with van der Waals surface area (Å²) in [6.07, 6.45) is 7.94. The van der Waals surface area contributed by atoms with E-state index in [1.807, 2.05) is 27.7 Å². The van der Waals surface area contributed by atoms with E-state index in [0.717, 1.165) is 44.3 Å². The number of ether oxygens (including phenoxy) is 1. The molecule has 0 aliphatic heterocycles. The number of benzene rings is 1. The quantitative estimate of drug-likeness (QED) is 0.685. The lowest BCUT2D eigenvalue weighted by atomic mass is 9.52. The molecule has 0 unspecified atom stereocenters. The van der Waals surface area contributed by atoms with Gasteiger partial charge in [-0.1, -0.05) is 39.8 Å². The van der Waals surface area contributed by atoms with Gasteiger partial charge in [-0.15, -0.1) is 0 Å². The SMILES string of the molecule is CC.CC.COc1ccc(C23CCC(C=O)(CC2)CC3)cc1. The van der Waals surface area contributed by atoms with Gasteiger partial charge < -0.3 is 9.53 Å². The number of hydrogen-bond acceptors (Lipinski definition) is 2. The van der Waals surface area contributed by atoms with Gasteiger partial charge in [0, 0.05) is 5.41 Å². The minimum Gasteiger partial charge on any atom is -0.497 e. The standard InChI is InChI=1S/C16H20O2.2C2H6/c1-18-14-4-2-13(3-5-14)16-9-6-15(12-17,7-10-16)8-11-16;2*1-2/h2-5,12H,6-11H2,1H3;2*1-2H3. The average Bonchev–Trinajstić information content (AvgIpc) is 2.66. The van der Waals surface area contributed by atoms with Crippen LogP contribution in [-0.2, 0) is 10.2 Å². The normalized spacial score (nSPS) is 28.6. The first-order valence-corrected chi connectivity index (χ1v) is 8.83. The van der Waals surface area contributed by atoms with Crippen LogP contribution in [0.5, 0.6) is 5.75 Å². The highest BCUT2D eigenvalue weighted by atomic mass is 16.5. The lowest BCUT2D eigenvalue weighted by Crippen LogP contribution is -2.44. The summed E-state index contributed by atoms with van der Waals surface area (Å²) in [6.45, 7) is 8.00. The lowest BCUT2D eigenvalue weighted by Gasteiger charge is -2.51. The zero-order valence-electron chi connectivity index (χ0n) is 14.9. The highest BCUT2D eigenvalue weighted by molar-refractivity contribution is 5.60. The summed E-state index contributed by atoms with van der Waals surface area (Å²) in [5.41, 5.74) is 1.79. The van der Waals surface area contributed by atoms with Crippen LogP contribution in [0.25, 0.3) is 0 Å². The molecule has 2 nitrogen and oxygen atoms in total. The van der Waals surface area contributed by atoms with Crippen LogP contribution in [0, 0.1) is 5.41 Å². The Morgan fingerprint density at radius 3 is 1.68 bits per heavy atom. The largest absolute Gasteiger partial charge is 0.497 e. The van der Waals surface area contributed by atoms with Crippen LogP contribution in [0.2, 0.25) is 0 Å².